The van der Waals surface area contributed by atoms with Crippen molar-refractivity contribution in [1.29, 1.82) is 0 Å². The zero-order valence-electron chi connectivity index (χ0n) is 78.6. The molecular weight excluding hydrogens is 1720 g/mol. The van der Waals surface area contributed by atoms with Crippen LogP contribution in [0.25, 0.3) is 169 Å². The monoisotopic (exact) mass is 1820 g/mol. The second-order valence-corrected chi connectivity index (χ2v) is 37.3. The minimum absolute atomic E-state index is 0.0801. The molecule has 3 heterocycles. The molecule has 0 saturated carbocycles. The van der Waals surface area contributed by atoms with Gasteiger partial charge in [-0.15, -0.1) is 0 Å². The molecule has 0 N–H and O–H groups in total. The third-order valence-corrected chi connectivity index (χ3v) is 27.4. The first-order valence-electron chi connectivity index (χ1n) is 47.5. The molecule has 0 unspecified atom stereocenters. The summed E-state index contributed by atoms with van der Waals surface area (Å²) >= 11 is 0. The van der Waals surface area contributed by atoms with Crippen LogP contribution in [0.4, 0.5) is 0 Å². The van der Waals surface area contributed by atoms with Crippen molar-refractivity contribution >= 4 is 17.3 Å². The van der Waals surface area contributed by atoms with E-state index in [1.807, 2.05) is 261 Å². The summed E-state index contributed by atoms with van der Waals surface area (Å²) in [7, 11) is 0. The lowest BCUT2D eigenvalue weighted by atomic mass is 9.68. The molecule has 0 bridgehead atoms. The van der Waals surface area contributed by atoms with Gasteiger partial charge in [-0.1, -0.05) is 454 Å². The predicted molar refractivity (Wildman–Crippen MR) is 567 cm³/mol. The van der Waals surface area contributed by atoms with Crippen molar-refractivity contribution in [3.63, 3.8) is 0 Å². The quantitative estimate of drug-likeness (QED) is 0.0954. The molecule has 24 rings (SSSR count). The van der Waals surface area contributed by atoms with E-state index in [9.17, 15) is 14.4 Å². The highest BCUT2D eigenvalue weighted by atomic mass is 16.1. The molecule has 0 saturated heterocycles. The summed E-state index contributed by atoms with van der Waals surface area (Å²) in [5.41, 5.74) is 31.3. The van der Waals surface area contributed by atoms with E-state index in [-0.39, 0.29) is 33.6 Å². The van der Waals surface area contributed by atoms with E-state index in [4.69, 9.17) is 44.9 Å². The molecule has 0 fully saturated rings. The number of fused-ring (bicyclic) bond motifs is 6. The van der Waals surface area contributed by atoms with E-state index in [1.54, 1.807) is 0 Å². The number of aromatic nitrogens is 9. The van der Waals surface area contributed by atoms with Gasteiger partial charge in [0.1, 0.15) is 0 Å². The molecule has 12 nitrogen and oxygen atoms in total. The molecule has 0 aliphatic heterocycles. The van der Waals surface area contributed by atoms with Crippen LogP contribution in [0.2, 0.25) is 0 Å². The standard InChI is InChI=1S/3C43H31N3O/c1-43(2)37-22-10-9-21-35(37)39(47)36-27-33(23-24-38(36)43)31-18-11-17-30(25-31)32-19-12-20-34(26-32)42-45-40(28-13-5-3-6-14-28)44-41(46-42)29-15-7-4-8-16-29;1-43(2)37-23-12-11-22-35(37)39(47)36-27-31(24-25-38(36)43)30-18-13-19-32(26-30)33-20-9-10-21-34(33)42-45-40(28-14-5-3-6-15-28)44-41(46-42)29-16-7-4-8-17-29;1-43(2)37-19-10-9-18-35(37)39(47)36-27-34(24-25-38(36)43)33-17-11-16-32(26-33)28-20-22-31(23-21-28)42-45-40(29-12-5-3-6-13-29)44-41(46-42)30-14-7-4-8-15-30/h3*3-27H,1-2H3. The van der Waals surface area contributed by atoms with Crippen molar-refractivity contribution < 1.29 is 14.4 Å². The van der Waals surface area contributed by atoms with Crippen molar-refractivity contribution in [2.24, 2.45) is 0 Å². The van der Waals surface area contributed by atoms with E-state index >= 15 is 0 Å². The molecular formula is C129H93N9O3. The minimum atomic E-state index is -0.263. The summed E-state index contributed by atoms with van der Waals surface area (Å²) < 4.78 is 0. The van der Waals surface area contributed by atoms with Gasteiger partial charge >= 0.3 is 0 Å². The Balaban J connectivity index is 0.000000121. The lowest BCUT2D eigenvalue weighted by Crippen LogP contribution is -2.30. The van der Waals surface area contributed by atoms with Crippen molar-refractivity contribution in [2.45, 2.75) is 57.8 Å². The fraction of sp³-hybridized carbons (Fsp3) is 0.0698. The van der Waals surface area contributed by atoms with E-state index in [0.29, 0.717) is 52.4 Å². The highest BCUT2D eigenvalue weighted by Crippen LogP contribution is 2.48. The lowest BCUT2D eigenvalue weighted by molar-refractivity contribution is 0.102. The summed E-state index contributed by atoms with van der Waals surface area (Å²) in [5.74, 6) is 5.91. The summed E-state index contributed by atoms with van der Waals surface area (Å²) in [6.07, 6.45) is 0. The first-order valence-corrected chi connectivity index (χ1v) is 47.5. The Morgan fingerprint density at radius 1 is 0.128 bits per heavy atom. The van der Waals surface area contributed by atoms with Crippen LogP contribution < -0.4 is 0 Å². The summed E-state index contributed by atoms with van der Waals surface area (Å²) in [4.78, 5) is 85.1. The molecule has 3 aliphatic carbocycles. The van der Waals surface area contributed by atoms with Crippen molar-refractivity contribution in [3.8, 4) is 169 Å². The van der Waals surface area contributed by atoms with Crippen LogP contribution in [0.3, 0.4) is 0 Å². The van der Waals surface area contributed by atoms with Crippen molar-refractivity contribution in [1.82, 2.24) is 44.9 Å². The van der Waals surface area contributed by atoms with Crippen LogP contribution in [0.15, 0.2) is 455 Å². The molecule has 18 aromatic carbocycles. The average molecular weight is 1820 g/mol. The molecule has 141 heavy (non-hydrogen) atoms. The van der Waals surface area contributed by atoms with E-state index in [1.165, 1.54) is 0 Å². The van der Waals surface area contributed by atoms with E-state index in [2.05, 4.69) is 236 Å². The predicted octanol–water partition coefficient (Wildman–Crippen LogP) is 30.2. The second kappa shape index (κ2) is 37.2. The number of benzene rings is 18. The highest BCUT2D eigenvalue weighted by molar-refractivity contribution is 6.16. The molecule has 0 atom stereocenters. The first kappa shape index (κ1) is 88.3. The van der Waals surface area contributed by atoms with Crippen molar-refractivity contribution in [2.75, 3.05) is 0 Å². The third-order valence-electron chi connectivity index (χ3n) is 27.4. The Morgan fingerprint density at radius 2 is 0.305 bits per heavy atom. The number of hydrogen-bond donors (Lipinski definition) is 0. The van der Waals surface area contributed by atoms with Crippen LogP contribution in [-0.2, 0) is 16.2 Å². The zero-order valence-corrected chi connectivity index (χ0v) is 78.6. The van der Waals surface area contributed by atoms with Gasteiger partial charge in [0.15, 0.2) is 69.8 Å². The fourth-order valence-electron chi connectivity index (χ4n) is 19.9. The fourth-order valence-corrected chi connectivity index (χ4v) is 19.9. The van der Waals surface area contributed by atoms with Crippen LogP contribution in [0.5, 0.6) is 0 Å². The summed E-state index contributed by atoms with van der Waals surface area (Å²) in [6.45, 7) is 13.2. The Hall–Kier alpha value is -18.0. The van der Waals surface area contributed by atoms with Gasteiger partial charge in [0.25, 0.3) is 0 Å². The smallest absolute Gasteiger partial charge is 0.193 e. The Labute approximate surface area is 819 Å². The molecule has 3 aromatic heterocycles. The van der Waals surface area contributed by atoms with Gasteiger partial charge < -0.3 is 0 Å². The summed E-state index contributed by atoms with van der Waals surface area (Å²) in [6, 6.07) is 153. The number of carbonyl (C=O) groups excluding carboxylic acids is 3. The molecule has 0 amide bonds. The maximum Gasteiger partial charge on any atom is 0.193 e. The van der Waals surface area contributed by atoms with Crippen LogP contribution in [0.1, 0.15) is 123 Å². The number of rotatable bonds is 15. The van der Waals surface area contributed by atoms with Gasteiger partial charge in [0, 0.05) is 99.7 Å². The van der Waals surface area contributed by atoms with Crippen LogP contribution >= 0.6 is 0 Å². The Morgan fingerprint density at radius 3 is 0.603 bits per heavy atom. The SMILES string of the molecule is CC1(C)c2ccccc2C(=O)c2cc(-c3cccc(-c4ccc(-c5nc(-c6ccccc6)nc(-c6ccccc6)n5)cc4)c3)ccc21.CC1(C)c2ccccc2C(=O)c2cc(-c3cccc(-c4cccc(-c5nc(-c6ccccc6)nc(-c6ccccc6)n5)c4)c3)ccc21.CC1(C)c2ccccc2C(=O)c2cc(-c3cccc(-c4ccccc4-c4nc(-c5ccccc5)nc(-c5ccccc5)n4)c3)ccc21. The van der Waals surface area contributed by atoms with Crippen LogP contribution in [-0.4, -0.2) is 62.2 Å². The second-order valence-electron chi connectivity index (χ2n) is 37.3. The van der Waals surface area contributed by atoms with E-state index in [0.717, 1.165) is 184 Å². The highest BCUT2D eigenvalue weighted by Gasteiger charge is 2.40. The van der Waals surface area contributed by atoms with Gasteiger partial charge in [0.05, 0.1) is 0 Å². The molecule has 0 radical (unpaired) electrons. The van der Waals surface area contributed by atoms with Crippen molar-refractivity contribution in [3.05, 3.63) is 522 Å². The van der Waals surface area contributed by atoms with Gasteiger partial charge in [-0.05, 0) is 143 Å². The maximum atomic E-state index is 13.7. The number of carbonyl (C=O) groups is 3. The molecule has 0 spiro atoms. The van der Waals surface area contributed by atoms with Gasteiger partial charge in [-0.25, -0.2) is 44.9 Å². The largest absolute Gasteiger partial charge is 0.289 e. The number of nitrogens with zero attached hydrogens (tertiary/aromatic N) is 9. The topological polar surface area (TPSA) is 167 Å². The normalized spacial score (nSPS) is 13.1. The first-order chi connectivity index (χ1) is 68.9. The number of ketones is 3. The van der Waals surface area contributed by atoms with E-state index < -0.39 is 0 Å². The molecule has 3 aliphatic rings. The minimum Gasteiger partial charge on any atom is -0.289 e. The Bertz CT molecular complexity index is 8240. The van der Waals surface area contributed by atoms with Crippen LogP contribution in [0, 0.1) is 0 Å². The van der Waals surface area contributed by atoms with Gasteiger partial charge in [0.2, 0.25) is 0 Å². The Kier molecular flexibility index (Phi) is 23.3. The molecule has 672 valence electrons. The maximum absolute atomic E-state index is 13.7. The van der Waals surface area contributed by atoms with Gasteiger partial charge in [-0.2, -0.15) is 0 Å². The van der Waals surface area contributed by atoms with Gasteiger partial charge in [-0.3, -0.25) is 14.4 Å². The third kappa shape index (κ3) is 17.3. The zero-order chi connectivity index (χ0) is 95.9. The number of hydrogen-bond acceptors (Lipinski definition) is 12. The molecule has 12 heteroatoms. The lowest BCUT2D eigenvalue weighted by Gasteiger charge is -2.34. The molecule has 21 aromatic rings. The average Bonchev–Trinajstić information content (AvgIpc) is 0.738. The summed E-state index contributed by atoms with van der Waals surface area (Å²) in [5, 5.41) is 0.